The van der Waals surface area contributed by atoms with Crippen LogP contribution in [0.2, 0.25) is 5.02 Å². The summed E-state index contributed by atoms with van der Waals surface area (Å²) in [5, 5.41) is 3.61. The lowest BCUT2D eigenvalue weighted by molar-refractivity contribution is 0.0939. The molecule has 2 aromatic heterocycles. The summed E-state index contributed by atoms with van der Waals surface area (Å²) in [6.07, 6.45) is 3.60. The van der Waals surface area contributed by atoms with E-state index in [2.05, 4.69) is 5.32 Å². The number of halogens is 1. The van der Waals surface area contributed by atoms with Gasteiger partial charge >= 0.3 is 0 Å². The highest BCUT2D eigenvalue weighted by Crippen LogP contribution is 2.30. The molecule has 1 aromatic carbocycles. The predicted octanol–water partition coefficient (Wildman–Crippen LogP) is 4.66. The molecule has 24 heavy (non-hydrogen) atoms. The number of furan rings is 1. The SMILES string of the molecule is CCn1cc(C)c(-c2ccc(Cl)cc2)c1C(=O)NCc1ccco1. The van der Waals surface area contributed by atoms with Crippen molar-refractivity contribution in [1.29, 1.82) is 0 Å². The Bertz CT molecular complexity index is 833. The first-order valence-corrected chi connectivity index (χ1v) is 8.24. The summed E-state index contributed by atoms with van der Waals surface area (Å²) in [4.78, 5) is 12.8. The van der Waals surface area contributed by atoms with Crippen molar-refractivity contribution < 1.29 is 9.21 Å². The number of hydrogen-bond donors (Lipinski definition) is 1. The molecule has 0 unspecified atom stereocenters. The van der Waals surface area contributed by atoms with Crippen molar-refractivity contribution in [3.05, 3.63) is 70.9 Å². The molecule has 3 rings (SSSR count). The average molecular weight is 343 g/mol. The van der Waals surface area contributed by atoms with Gasteiger partial charge in [0, 0.05) is 23.3 Å². The molecule has 0 bridgehead atoms. The molecule has 124 valence electrons. The number of amides is 1. The van der Waals surface area contributed by atoms with E-state index in [0.717, 1.165) is 29.0 Å². The summed E-state index contributed by atoms with van der Waals surface area (Å²) in [7, 11) is 0. The van der Waals surface area contributed by atoms with Crippen molar-refractivity contribution in [2.24, 2.45) is 0 Å². The van der Waals surface area contributed by atoms with Gasteiger partial charge in [0.25, 0.3) is 5.91 Å². The molecule has 0 radical (unpaired) electrons. The highest BCUT2D eigenvalue weighted by molar-refractivity contribution is 6.30. The molecule has 4 nitrogen and oxygen atoms in total. The topological polar surface area (TPSA) is 47.2 Å². The van der Waals surface area contributed by atoms with Gasteiger partial charge in [-0.05, 0) is 49.2 Å². The van der Waals surface area contributed by atoms with Crippen LogP contribution in [0.5, 0.6) is 0 Å². The number of benzene rings is 1. The van der Waals surface area contributed by atoms with Crippen molar-refractivity contribution in [1.82, 2.24) is 9.88 Å². The van der Waals surface area contributed by atoms with Gasteiger partial charge in [0.1, 0.15) is 11.5 Å². The zero-order chi connectivity index (χ0) is 17.1. The van der Waals surface area contributed by atoms with Crippen molar-refractivity contribution >= 4 is 17.5 Å². The van der Waals surface area contributed by atoms with E-state index in [0.29, 0.717) is 17.3 Å². The van der Waals surface area contributed by atoms with Crippen molar-refractivity contribution in [3.8, 4) is 11.1 Å². The summed E-state index contributed by atoms with van der Waals surface area (Å²) in [6.45, 7) is 5.12. The molecular weight excluding hydrogens is 324 g/mol. The summed E-state index contributed by atoms with van der Waals surface area (Å²) in [5.41, 5.74) is 3.63. The van der Waals surface area contributed by atoms with Crippen LogP contribution in [-0.2, 0) is 13.1 Å². The summed E-state index contributed by atoms with van der Waals surface area (Å²) in [6, 6.07) is 11.2. The number of carbonyl (C=O) groups is 1. The van der Waals surface area contributed by atoms with Crippen LogP contribution in [0.4, 0.5) is 0 Å². The molecule has 1 N–H and O–H groups in total. The predicted molar refractivity (Wildman–Crippen MR) is 95.2 cm³/mol. The molecule has 0 saturated heterocycles. The lowest BCUT2D eigenvalue weighted by atomic mass is 10.0. The maximum atomic E-state index is 12.8. The van der Waals surface area contributed by atoms with Crippen LogP contribution in [0.15, 0.2) is 53.3 Å². The molecule has 3 aromatic rings. The molecule has 0 aliphatic heterocycles. The third kappa shape index (κ3) is 3.24. The molecule has 0 aliphatic carbocycles. The minimum absolute atomic E-state index is 0.119. The quantitative estimate of drug-likeness (QED) is 0.733. The van der Waals surface area contributed by atoms with Gasteiger partial charge in [-0.3, -0.25) is 4.79 Å². The number of nitrogens with zero attached hydrogens (tertiary/aromatic N) is 1. The number of hydrogen-bond acceptors (Lipinski definition) is 2. The Balaban J connectivity index is 1.96. The fraction of sp³-hybridized carbons (Fsp3) is 0.211. The Kier molecular flexibility index (Phi) is 4.76. The van der Waals surface area contributed by atoms with Gasteiger partial charge in [-0.2, -0.15) is 0 Å². The first kappa shape index (κ1) is 16.4. The van der Waals surface area contributed by atoms with Gasteiger partial charge in [0.05, 0.1) is 12.8 Å². The third-order valence-corrected chi connectivity index (χ3v) is 4.21. The first-order valence-electron chi connectivity index (χ1n) is 7.86. The Morgan fingerprint density at radius 1 is 1.25 bits per heavy atom. The molecule has 2 heterocycles. The minimum Gasteiger partial charge on any atom is -0.467 e. The van der Waals surface area contributed by atoms with Gasteiger partial charge in [-0.25, -0.2) is 0 Å². The Morgan fingerprint density at radius 3 is 2.62 bits per heavy atom. The monoisotopic (exact) mass is 342 g/mol. The molecule has 5 heteroatoms. The molecule has 0 atom stereocenters. The van der Waals surface area contributed by atoms with Gasteiger partial charge in [0.2, 0.25) is 0 Å². The van der Waals surface area contributed by atoms with E-state index in [1.54, 1.807) is 12.3 Å². The second kappa shape index (κ2) is 6.97. The molecule has 0 fully saturated rings. The van der Waals surface area contributed by atoms with Crippen molar-refractivity contribution in [2.75, 3.05) is 0 Å². The molecule has 1 amide bonds. The van der Waals surface area contributed by atoms with Crippen LogP contribution < -0.4 is 5.32 Å². The highest BCUT2D eigenvalue weighted by Gasteiger charge is 2.20. The van der Waals surface area contributed by atoms with E-state index in [9.17, 15) is 4.79 Å². The van der Waals surface area contributed by atoms with Crippen molar-refractivity contribution in [3.63, 3.8) is 0 Å². The van der Waals surface area contributed by atoms with Crippen LogP contribution in [0.25, 0.3) is 11.1 Å². The molecule has 0 saturated carbocycles. The maximum Gasteiger partial charge on any atom is 0.268 e. The highest BCUT2D eigenvalue weighted by atomic mass is 35.5. The largest absolute Gasteiger partial charge is 0.467 e. The lowest BCUT2D eigenvalue weighted by Gasteiger charge is -2.11. The van der Waals surface area contributed by atoms with E-state index >= 15 is 0 Å². The number of carbonyl (C=O) groups excluding carboxylic acids is 1. The summed E-state index contributed by atoms with van der Waals surface area (Å²) < 4.78 is 7.24. The second-order valence-electron chi connectivity index (χ2n) is 5.59. The first-order chi connectivity index (χ1) is 11.6. The van der Waals surface area contributed by atoms with Crippen LogP contribution in [0, 0.1) is 6.92 Å². The molecule has 0 aliphatic rings. The lowest BCUT2D eigenvalue weighted by Crippen LogP contribution is -2.25. The van der Waals surface area contributed by atoms with Gasteiger partial charge in [0.15, 0.2) is 0 Å². The zero-order valence-corrected chi connectivity index (χ0v) is 14.4. The van der Waals surface area contributed by atoms with E-state index in [4.69, 9.17) is 16.0 Å². The number of aryl methyl sites for hydroxylation is 2. The molecular formula is C19H19ClN2O2. The number of aromatic nitrogens is 1. The van der Waals surface area contributed by atoms with Crippen LogP contribution in [0.3, 0.4) is 0 Å². The number of rotatable bonds is 5. The van der Waals surface area contributed by atoms with E-state index in [1.165, 1.54) is 0 Å². The van der Waals surface area contributed by atoms with Crippen LogP contribution in [-0.4, -0.2) is 10.5 Å². The minimum atomic E-state index is -0.119. The fourth-order valence-electron chi connectivity index (χ4n) is 2.83. The Hall–Kier alpha value is -2.46. The van der Waals surface area contributed by atoms with Gasteiger partial charge in [-0.15, -0.1) is 0 Å². The van der Waals surface area contributed by atoms with E-state index < -0.39 is 0 Å². The fourth-order valence-corrected chi connectivity index (χ4v) is 2.96. The number of nitrogens with one attached hydrogen (secondary N) is 1. The molecule has 0 spiro atoms. The van der Waals surface area contributed by atoms with Crippen LogP contribution >= 0.6 is 11.6 Å². The maximum absolute atomic E-state index is 12.8. The zero-order valence-electron chi connectivity index (χ0n) is 13.7. The van der Waals surface area contributed by atoms with Gasteiger partial charge < -0.3 is 14.3 Å². The van der Waals surface area contributed by atoms with Crippen LogP contribution in [0.1, 0.15) is 28.7 Å². The van der Waals surface area contributed by atoms with E-state index in [1.807, 2.05) is 54.9 Å². The summed E-state index contributed by atoms with van der Waals surface area (Å²) >= 11 is 5.99. The van der Waals surface area contributed by atoms with Gasteiger partial charge in [-0.1, -0.05) is 23.7 Å². The summed E-state index contributed by atoms with van der Waals surface area (Å²) in [5.74, 6) is 0.606. The van der Waals surface area contributed by atoms with E-state index in [-0.39, 0.29) is 5.91 Å². The normalized spacial score (nSPS) is 10.8. The third-order valence-electron chi connectivity index (χ3n) is 3.96. The standard InChI is InChI=1S/C19H19ClN2O2/c1-3-22-12-13(2)17(14-6-8-15(20)9-7-14)18(22)19(23)21-11-16-5-4-10-24-16/h4-10,12H,3,11H2,1-2H3,(H,21,23). The Labute approximate surface area is 146 Å². The average Bonchev–Trinajstić information content (AvgIpc) is 3.21. The Morgan fingerprint density at radius 2 is 2.00 bits per heavy atom. The second-order valence-corrected chi connectivity index (χ2v) is 6.03. The smallest absolute Gasteiger partial charge is 0.268 e. The van der Waals surface area contributed by atoms with Crippen molar-refractivity contribution in [2.45, 2.75) is 26.9 Å².